The Kier molecular flexibility index (Phi) is 4.80. The molecule has 1 aliphatic rings. The first-order chi connectivity index (χ1) is 9.20. The van der Waals surface area contributed by atoms with Crippen molar-refractivity contribution in [3.8, 4) is 0 Å². The summed E-state index contributed by atoms with van der Waals surface area (Å²) in [5.74, 6) is 0.505. The predicted molar refractivity (Wildman–Crippen MR) is 79.0 cm³/mol. The Morgan fingerprint density at radius 1 is 1.32 bits per heavy atom. The third kappa shape index (κ3) is 4.25. The summed E-state index contributed by atoms with van der Waals surface area (Å²) in [6.45, 7) is 1.92. The standard InChI is InChI=1S/C16H18ClNO/c1-2-3-4-5-15(19)18-16(12-6-7-12)13-8-10-14(17)11-9-13/h2-5,8-12,16H,6-7H2,1H3,(H,18,19)/b3-2+,5-4+. The van der Waals surface area contributed by atoms with Gasteiger partial charge in [0.25, 0.3) is 0 Å². The second-order valence-electron chi connectivity index (χ2n) is 4.76. The van der Waals surface area contributed by atoms with Gasteiger partial charge in [0.05, 0.1) is 6.04 Å². The number of rotatable bonds is 5. The predicted octanol–water partition coefficient (Wildman–Crippen LogP) is 4.04. The van der Waals surface area contributed by atoms with E-state index in [1.54, 1.807) is 12.2 Å². The lowest BCUT2D eigenvalue weighted by molar-refractivity contribution is -0.117. The molecule has 0 aliphatic heterocycles. The number of allylic oxidation sites excluding steroid dienone is 3. The first kappa shape index (κ1) is 13.9. The number of hydrogen-bond acceptors (Lipinski definition) is 1. The number of benzene rings is 1. The number of nitrogens with one attached hydrogen (secondary N) is 1. The van der Waals surface area contributed by atoms with Gasteiger partial charge in [0.2, 0.25) is 5.91 Å². The van der Waals surface area contributed by atoms with Crippen LogP contribution in [-0.2, 0) is 4.79 Å². The second kappa shape index (κ2) is 6.58. The largest absolute Gasteiger partial charge is 0.345 e. The maximum absolute atomic E-state index is 11.8. The van der Waals surface area contributed by atoms with Gasteiger partial charge in [-0.25, -0.2) is 0 Å². The van der Waals surface area contributed by atoms with Gasteiger partial charge in [0.15, 0.2) is 0 Å². The molecule has 1 fully saturated rings. The Morgan fingerprint density at radius 2 is 2.00 bits per heavy atom. The molecule has 100 valence electrons. The van der Waals surface area contributed by atoms with Crippen LogP contribution in [-0.4, -0.2) is 5.91 Å². The van der Waals surface area contributed by atoms with Crippen molar-refractivity contribution < 1.29 is 4.79 Å². The lowest BCUT2D eigenvalue weighted by Crippen LogP contribution is -2.28. The molecule has 0 saturated heterocycles. The molecule has 0 radical (unpaired) electrons. The van der Waals surface area contributed by atoms with Crippen molar-refractivity contribution in [2.75, 3.05) is 0 Å². The SMILES string of the molecule is C/C=C/C=C/C(=O)NC(c1ccc(Cl)cc1)C1CC1. The van der Waals surface area contributed by atoms with E-state index >= 15 is 0 Å². The van der Waals surface area contributed by atoms with E-state index in [1.165, 1.54) is 12.8 Å². The summed E-state index contributed by atoms with van der Waals surface area (Å²) < 4.78 is 0. The highest BCUT2D eigenvalue weighted by atomic mass is 35.5. The number of hydrogen-bond donors (Lipinski definition) is 1. The van der Waals surface area contributed by atoms with E-state index in [2.05, 4.69) is 5.32 Å². The third-order valence-electron chi connectivity index (χ3n) is 3.17. The minimum atomic E-state index is -0.0510. The van der Waals surface area contributed by atoms with Crippen molar-refractivity contribution in [1.29, 1.82) is 0 Å². The molecule has 19 heavy (non-hydrogen) atoms. The molecular weight excluding hydrogens is 258 g/mol. The maximum Gasteiger partial charge on any atom is 0.244 e. The fraction of sp³-hybridized carbons (Fsp3) is 0.312. The van der Waals surface area contributed by atoms with Gasteiger partial charge in [-0.2, -0.15) is 0 Å². The van der Waals surface area contributed by atoms with Crippen molar-refractivity contribution in [2.45, 2.75) is 25.8 Å². The topological polar surface area (TPSA) is 29.1 Å². The molecule has 2 nitrogen and oxygen atoms in total. The zero-order chi connectivity index (χ0) is 13.7. The quantitative estimate of drug-likeness (QED) is 0.638. The normalized spacial score (nSPS) is 16.9. The van der Waals surface area contributed by atoms with E-state index in [4.69, 9.17) is 11.6 Å². The van der Waals surface area contributed by atoms with Crippen LogP contribution >= 0.6 is 11.6 Å². The summed E-state index contributed by atoms with van der Waals surface area (Å²) in [6.07, 6.45) is 9.39. The molecule has 1 aromatic rings. The van der Waals surface area contributed by atoms with E-state index in [0.29, 0.717) is 5.92 Å². The first-order valence-electron chi connectivity index (χ1n) is 6.56. The Morgan fingerprint density at radius 3 is 2.58 bits per heavy atom. The van der Waals surface area contributed by atoms with Gasteiger partial charge in [0.1, 0.15) is 0 Å². The van der Waals surface area contributed by atoms with Crippen LogP contribution in [0, 0.1) is 5.92 Å². The molecular formula is C16H18ClNO. The third-order valence-corrected chi connectivity index (χ3v) is 3.42. The van der Waals surface area contributed by atoms with Crippen LogP contribution < -0.4 is 5.32 Å². The monoisotopic (exact) mass is 275 g/mol. The van der Waals surface area contributed by atoms with Gasteiger partial charge in [-0.15, -0.1) is 0 Å². The summed E-state index contributed by atoms with van der Waals surface area (Å²) in [5, 5.41) is 3.79. The van der Waals surface area contributed by atoms with Gasteiger partial charge in [-0.1, -0.05) is 42.0 Å². The van der Waals surface area contributed by atoms with E-state index in [-0.39, 0.29) is 11.9 Å². The Labute approximate surface area is 119 Å². The fourth-order valence-corrected chi connectivity index (χ4v) is 2.15. The second-order valence-corrected chi connectivity index (χ2v) is 5.20. The minimum Gasteiger partial charge on any atom is -0.345 e. The van der Waals surface area contributed by atoms with E-state index < -0.39 is 0 Å². The first-order valence-corrected chi connectivity index (χ1v) is 6.94. The number of carbonyl (C=O) groups is 1. The van der Waals surface area contributed by atoms with Crippen molar-refractivity contribution in [3.63, 3.8) is 0 Å². The summed E-state index contributed by atoms with van der Waals surface area (Å²) in [5.41, 5.74) is 1.12. The molecule has 1 amide bonds. The van der Waals surface area contributed by atoms with Gasteiger partial charge in [-0.05, 0) is 43.4 Å². The number of halogens is 1. The molecule has 1 unspecified atom stereocenters. The van der Waals surface area contributed by atoms with Crippen LogP contribution in [0.2, 0.25) is 5.02 Å². The van der Waals surface area contributed by atoms with Gasteiger partial charge >= 0.3 is 0 Å². The summed E-state index contributed by atoms with van der Waals surface area (Å²) in [6, 6.07) is 7.81. The van der Waals surface area contributed by atoms with E-state index in [9.17, 15) is 4.79 Å². The van der Waals surface area contributed by atoms with E-state index in [1.807, 2.05) is 43.3 Å². The molecule has 0 aromatic heterocycles. The average Bonchev–Trinajstić information content (AvgIpc) is 3.22. The summed E-state index contributed by atoms with van der Waals surface area (Å²) >= 11 is 5.90. The average molecular weight is 276 g/mol. The summed E-state index contributed by atoms with van der Waals surface area (Å²) in [7, 11) is 0. The molecule has 1 aliphatic carbocycles. The fourth-order valence-electron chi connectivity index (χ4n) is 2.03. The molecule has 2 rings (SSSR count). The molecule has 1 aromatic carbocycles. The van der Waals surface area contributed by atoms with Gasteiger partial charge in [-0.3, -0.25) is 4.79 Å². The summed E-state index contributed by atoms with van der Waals surface area (Å²) in [4.78, 5) is 11.8. The lowest BCUT2D eigenvalue weighted by atomic mass is 10.0. The van der Waals surface area contributed by atoms with Crippen LogP contribution in [0.25, 0.3) is 0 Å². The van der Waals surface area contributed by atoms with Gasteiger partial charge < -0.3 is 5.32 Å². The molecule has 0 spiro atoms. The zero-order valence-corrected chi connectivity index (χ0v) is 11.7. The van der Waals surface area contributed by atoms with Crippen LogP contribution in [0.5, 0.6) is 0 Å². The Bertz CT molecular complexity index is 486. The number of carbonyl (C=O) groups excluding carboxylic acids is 1. The maximum atomic E-state index is 11.8. The molecule has 1 N–H and O–H groups in total. The van der Waals surface area contributed by atoms with Gasteiger partial charge in [0, 0.05) is 11.1 Å². The lowest BCUT2D eigenvalue weighted by Gasteiger charge is -2.17. The van der Waals surface area contributed by atoms with Crippen molar-refractivity contribution in [2.24, 2.45) is 5.92 Å². The highest BCUT2D eigenvalue weighted by molar-refractivity contribution is 6.30. The van der Waals surface area contributed by atoms with Crippen LogP contribution in [0.4, 0.5) is 0 Å². The van der Waals surface area contributed by atoms with Crippen molar-refractivity contribution >= 4 is 17.5 Å². The highest BCUT2D eigenvalue weighted by Crippen LogP contribution is 2.41. The Hall–Kier alpha value is -1.54. The van der Waals surface area contributed by atoms with E-state index in [0.717, 1.165) is 10.6 Å². The molecule has 0 heterocycles. The van der Waals surface area contributed by atoms with Crippen molar-refractivity contribution in [3.05, 3.63) is 59.2 Å². The van der Waals surface area contributed by atoms with Crippen molar-refractivity contribution in [1.82, 2.24) is 5.32 Å². The number of amides is 1. The van der Waals surface area contributed by atoms with Crippen LogP contribution in [0.15, 0.2) is 48.6 Å². The van der Waals surface area contributed by atoms with Crippen LogP contribution in [0.1, 0.15) is 31.4 Å². The van der Waals surface area contributed by atoms with Crippen LogP contribution in [0.3, 0.4) is 0 Å². The smallest absolute Gasteiger partial charge is 0.244 e. The molecule has 1 atom stereocenters. The minimum absolute atomic E-state index is 0.0510. The molecule has 0 bridgehead atoms. The zero-order valence-electron chi connectivity index (χ0n) is 11.0. The highest BCUT2D eigenvalue weighted by Gasteiger charge is 2.32. The Balaban J connectivity index is 2.04. The molecule has 3 heteroatoms. The molecule has 1 saturated carbocycles.